The number of allylic oxidation sites excluding steroid dienone is 4. The average Bonchev–Trinajstić information content (AvgIpc) is 3.13. The lowest BCUT2D eigenvalue weighted by atomic mass is 9.82. The van der Waals surface area contributed by atoms with Gasteiger partial charge in [0.1, 0.15) is 0 Å². The largest absolute Gasteiger partial charge is 0.397 e. The summed E-state index contributed by atoms with van der Waals surface area (Å²) in [5.41, 5.74) is 6.58. The molecule has 0 heterocycles. The van der Waals surface area contributed by atoms with Crippen molar-refractivity contribution >= 4 is 30.4 Å². The first-order valence-electron chi connectivity index (χ1n) is 19.4. The number of rotatable bonds is 9. The molecular formula is C44H81NO9S3. The maximum Gasteiger partial charge on any atom is 0.397 e. The maximum absolute atomic E-state index is 12.3. The molecule has 1 unspecified atom stereocenters. The highest BCUT2D eigenvalue weighted by Gasteiger charge is 2.23. The monoisotopic (exact) mass is 864 g/mol. The minimum atomic E-state index is -4.72. The van der Waals surface area contributed by atoms with Crippen LogP contribution >= 0.6 is 0 Å². The molecule has 2 aromatic carbocycles. The van der Waals surface area contributed by atoms with E-state index in [0.717, 1.165) is 16.7 Å². The molecule has 2 rings (SSSR count). The first-order valence-corrected chi connectivity index (χ1v) is 23.9. The number of aryl methyl sites for hydroxylation is 2. The van der Waals surface area contributed by atoms with Gasteiger partial charge in [-0.3, -0.25) is 9.11 Å². The zero-order valence-electron chi connectivity index (χ0n) is 39.2. The molecule has 0 aliphatic carbocycles. The summed E-state index contributed by atoms with van der Waals surface area (Å²) in [6, 6.07) is 11.1. The zero-order valence-corrected chi connectivity index (χ0v) is 41.6. The van der Waals surface area contributed by atoms with Gasteiger partial charge in [0.05, 0.1) is 28.2 Å². The highest BCUT2D eigenvalue weighted by Crippen LogP contribution is 2.36. The highest BCUT2D eigenvalue weighted by molar-refractivity contribution is 7.91. The first-order chi connectivity index (χ1) is 26.2. The summed E-state index contributed by atoms with van der Waals surface area (Å²) in [4.78, 5) is -0.175. The lowest BCUT2D eigenvalue weighted by Gasteiger charge is -2.24. The van der Waals surface area contributed by atoms with E-state index in [-0.39, 0.29) is 21.6 Å². The van der Waals surface area contributed by atoms with E-state index < -0.39 is 42.7 Å². The topological polar surface area (TPSA) is 176 Å². The molecule has 2 aromatic rings. The molecule has 57 heavy (non-hydrogen) atoms. The predicted molar refractivity (Wildman–Crippen MR) is 246 cm³/mol. The fourth-order valence-corrected chi connectivity index (χ4v) is 5.75. The Bertz CT molecular complexity index is 1710. The highest BCUT2D eigenvalue weighted by atomic mass is 32.3. The number of hydrogen-bond donors (Lipinski definition) is 2. The van der Waals surface area contributed by atoms with Crippen molar-refractivity contribution in [2.45, 2.75) is 167 Å². The Balaban J connectivity index is -0.000000164. The van der Waals surface area contributed by atoms with Crippen LogP contribution in [0, 0.1) is 25.2 Å². The number of nitriles is 1. The third kappa shape index (κ3) is 40.9. The van der Waals surface area contributed by atoms with Gasteiger partial charge < -0.3 is 0 Å². The molecule has 0 amide bonds. The smallest absolute Gasteiger partial charge is 0.282 e. The average molecular weight is 864 g/mol. The number of nitrogens with zero attached hydrogens (tertiary/aromatic N) is 1. The third-order valence-electron chi connectivity index (χ3n) is 6.17. The summed E-state index contributed by atoms with van der Waals surface area (Å²) in [5.74, 6) is -0.897. The van der Waals surface area contributed by atoms with Crippen LogP contribution in [0.15, 0.2) is 82.1 Å². The van der Waals surface area contributed by atoms with Crippen molar-refractivity contribution in [2.75, 3.05) is 12.4 Å². The van der Waals surface area contributed by atoms with E-state index in [9.17, 15) is 29.8 Å². The van der Waals surface area contributed by atoms with Crippen LogP contribution in [0.1, 0.15) is 165 Å². The van der Waals surface area contributed by atoms with E-state index in [1.807, 2.05) is 124 Å². The molecule has 0 saturated carbocycles. The lowest BCUT2D eigenvalue weighted by Crippen LogP contribution is -2.15. The van der Waals surface area contributed by atoms with Crippen molar-refractivity contribution < 1.29 is 38.5 Å². The number of benzene rings is 2. The van der Waals surface area contributed by atoms with Crippen LogP contribution in [-0.2, 0) is 34.5 Å². The third-order valence-corrected chi connectivity index (χ3v) is 9.32. The van der Waals surface area contributed by atoms with Gasteiger partial charge in [-0.05, 0) is 115 Å². The zero-order chi connectivity index (χ0) is 47.3. The Labute approximate surface area is 352 Å². The molecule has 2 atom stereocenters. The Morgan fingerprint density at radius 2 is 1.11 bits per heavy atom. The molecule has 0 aromatic heterocycles. The number of hydrogen-bond acceptors (Lipinski definition) is 8. The van der Waals surface area contributed by atoms with Gasteiger partial charge in [-0.2, -0.15) is 22.1 Å². The normalized spacial score (nSPS) is 10.6. The Morgan fingerprint density at radius 3 is 1.39 bits per heavy atom. The van der Waals surface area contributed by atoms with Crippen molar-refractivity contribution in [3.63, 3.8) is 0 Å². The molecule has 0 radical (unpaired) electrons. The van der Waals surface area contributed by atoms with Crippen LogP contribution in [0.2, 0.25) is 0 Å². The van der Waals surface area contributed by atoms with E-state index in [1.165, 1.54) is 34.9 Å². The second-order valence-corrected chi connectivity index (χ2v) is 16.5. The van der Waals surface area contributed by atoms with Crippen molar-refractivity contribution in [2.24, 2.45) is 0 Å². The van der Waals surface area contributed by atoms with Crippen molar-refractivity contribution in [3.05, 3.63) is 94.6 Å². The second kappa shape index (κ2) is 39.7. The first kappa shape index (κ1) is 68.6. The minimum Gasteiger partial charge on any atom is -0.282 e. The lowest BCUT2D eigenvalue weighted by molar-refractivity contribution is 0.284. The van der Waals surface area contributed by atoms with Gasteiger partial charge in [0.2, 0.25) is 0 Å². The second-order valence-electron chi connectivity index (χ2n) is 12.0. The van der Waals surface area contributed by atoms with E-state index in [1.54, 1.807) is 25.1 Å². The Kier molecular flexibility index (Phi) is 47.7. The quantitative estimate of drug-likeness (QED) is 0.182. The summed E-state index contributed by atoms with van der Waals surface area (Å²) >= 11 is 0. The van der Waals surface area contributed by atoms with Gasteiger partial charge in [-0.1, -0.05) is 117 Å². The van der Waals surface area contributed by atoms with Crippen molar-refractivity contribution in [1.82, 2.24) is 0 Å². The Morgan fingerprint density at radius 1 is 0.754 bits per heavy atom. The van der Waals surface area contributed by atoms with Crippen molar-refractivity contribution in [1.29, 1.82) is 5.26 Å². The molecule has 13 heteroatoms. The van der Waals surface area contributed by atoms with Crippen LogP contribution in [0.3, 0.4) is 0 Å². The van der Waals surface area contributed by atoms with Crippen LogP contribution in [-0.4, -0.2) is 46.7 Å². The molecule has 334 valence electrons. The minimum absolute atomic E-state index is 0.0276. The molecule has 2 N–H and O–H groups in total. The number of sulfone groups is 1. The molecule has 0 spiro atoms. The standard InChI is InChI=1S/C20H26O9S3.C5H10.2C4H8.C3H5N.4C2H6/c1-13-11-14(2)20(31(23,24)25)12-19(13)16(4)15(3)17-5-7-18(8-6-17)30(21,22)10-9-29-32(26,27)28;1-4-5(2)3;2*1-4(2)3;1-2-3-4;4*1-2/h5-8,11-12,15-16H,9-10H2,1-4H3,(H,23,24,25)(H,26,27,28);4H,1-3H3;2*1H2,2-3H3;2H2,1H3;4*1-2H3/t15-,16?;;;;;;;;/m0......../s1. The fourth-order valence-electron chi connectivity index (χ4n) is 3.52. The van der Waals surface area contributed by atoms with E-state index in [4.69, 9.17) is 9.81 Å². The van der Waals surface area contributed by atoms with Crippen molar-refractivity contribution in [3.8, 4) is 6.07 Å². The van der Waals surface area contributed by atoms with E-state index in [2.05, 4.69) is 37.3 Å². The molecular weight excluding hydrogens is 783 g/mol. The summed E-state index contributed by atoms with van der Waals surface area (Å²) in [7, 11) is -12.9. The summed E-state index contributed by atoms with van der Waals surface area (Å²) < 4.78 is 91.2. The van der Waals surface area contributed by atoms with Gasteiger partial charge in [-0.15, -0.1) is 13.2 Å². The SMILES string of the molecule is C=C(C)C.C=C(C)C.CC.CC.CC.CC.CC=C(C)C.CCC#N.Cc1cc(C)c(S(=O)(=O)O)cc1C(C)[C@H](C)c1ccc(S(=O)(=O)CCOS(=O)(=O)O)cc1. The van der Waals surface area contributed by atoms with Gasteiger partial charge >= 0.3 is 10.4 Å². The van der Waals surface area contributed by atoms with Crippen LogP contribution < -0.4 is 0 Å². The Hall–Kier alpha value is -3.12. The van der Waals surface area contributed by atoms with E-state index in [0.29, 0.717) is 12.0 Å². The predicted octanol–water partition coefficient (Wildman–Crippen LogP) is 13.2. The molecule has 0 bridgehead atoms. The van der Waals surface area contributed by atoms with Gasteiger partial charge in [-0.25, -0.2) is 12.6 Å². The molecule has 0 aliphatic rings. The van der Waals surface area contributed by atoms with Crippen LogP contribution in [0.4, 0.5) is 0 Å². The van der Waals surface area contributed by atoms with E-state index >= 15 is 0 Å². The maximum atomic E-state index is 12.3. The fraction of sp³-hybridized carbons (Fsp3) is 0.568. The summed E-state index contributed by atoms with van der Waals surface area (Å²) in [6.07, 6.45) is 2.71. The summed E-state index contributed by atoms with van der Waals surface area (Å²) in [5, 5.41) is 7.62. The summed E-state index contributed by atoms with van der Waals surface area (Å²) in [6.45, 7) is 45.6. The molecule has 0 aliphatic heterocycles. The molecule has 0 saturated heterocycles. The van der Waals surface area contributed by atoms with Crippen LogP contribution in [0.25, 0.3) is 0 Å². The molecule has 10 nitrogen and oxygen atoms in total. The van der Waals surface area contributed by atoms with Gasteiger partial charge in [0.15, 0.2) is 9.84 Å². The van der Waals surface area contributed by atoms with Gasteiger partial charge in [0, 0.05) is 6.42 Å². The van der Waals surface area contributed by atoms with Crippen LogP contribution in [0.5, 0.6) is 0 Å². The molecule has 0 fully saturated rings. The van der Waals surface area contributed by atoms with Gasteiger partial charge in [0.25, 0.3) is 10.1 Å².